The van der Waals surface area contributed by atoms with Gasteiger partial charge < -0.3 is 19.2 Å². The smallest absolute Gasteiger partial charge is 0.287 e. The Morgan fingerprint density at radius 2 is 2.14 bits per heavy atom. The molecular formula is C16H18ClNO4. The van der Waals surface area contributed by atoms with E-state index in [1.165, 1.54) is 0 Å². The second-order valence-corrected chi connectivity index (χ2v) is 5.12. The molecule has 1 amide bonds. The fraction of sp³-hybridized carbons (Fsp3) is 0.312. The minimum absolute atomic E-state index is 0.242. The first-order chi connectivity index (χ1) is 10.6. The average Bonchev–Trinajstić information content (AvgIpc) is 2.98. The summed E-state index contributed by atoms with van der Waals surface area (Å²) in [5.74, 6) is 1.25. The van der Waals surface area contributed by atoms with Gasteiger partial charge in [0.05, 0.1) is 6.61 Å². The number of furan rings is 1. The van der Waals surface area contributed by atoms with Crippen LogP contribution in [0, 0.1) is 6.92 Å². The Labute approximate surface area is 134 Å². The maximum atomic E-state index is 11.8. The number of carbonyl (C=O) groups excluding carboxylic acids is 1. The van der Waals surface area contributed by atoms with E-state index in [1.807, 2.05) is 13.0 Å². The molecule has 2 aromatic rings. The Morgan fingerprint density at radius 1 is 1.32 bits per heavy atom. The molecule has 22 heavy (non-hydrogen) atoms. The fourth-order valence-electron chi connectivity index (χ4n) is 1.79. The van der Waals surface area contributed by atoms with Crippen LogP contribution < -0.4 is 10.1 Å². The lowest BCUT2D eigenvalue weighted by Crippen LogP contribution is -2.26. The summed E-state index contributed by atoms with van der Waals surface area (Å²) in [6.07, 6.45) is 0. The van der Waals surface area contributed by atoms with Crippen molar-refractivity contribution in [1.82, 2.24) is 5.32 Å². The first-order valence-electron chi connectivity index (χ1n) is 6.85. The Bertz CT molecular complexity index is 639. The van der Waals surface area contributed by atoms with Gasteiger partial charge in [0.1, 0.15) is 18.1 Å². The predicted octanol–water partition coefficient (Wildman–Crippen LogP) is 3.20. The van der Waals surface area contributed by atoms with E-state index in [1.54, 1.807) is 31.4 Å². The van der Waals surface area contributed by atoms with Crippen molar-refractivity contribution >= 4 is 17.5 Å². The molecule has 0 bridgehead atoms. The minimum Gasteiger partial charge on any atom is -0.486 e. The topological polar surface area (TPSA) is 60.7 Å². The summed E-state index contributed by atoms with van der Waals surface area (Å²) in [4.78, 5) is 11.8. The SMILES string of the molecule is COCCNC(=O)c1ccc(COc2ccc(Cl)c(C)c2)o1. The molecule has 2 rings (SSSR count). The molecule has 1 N–H and O–H groups in total. The number of hydrogen-bond acceptors (Lipinski definition) is 4. The number of nitrogens with one attached hydrogen (secondary N) is 1. The predicted molar refractivity (Wildman–Crippen MR) is 83.4 cm³/mol. The first-order valence-corrected chi connectivity index (χ1v) is 7.22. The molecule has 118 valence electrons. The van der Waals surface area contributed by atoms with Crippen molar-refractivity contribution in [3.8, 4) is 5.75 Å². The largest absolute Gasteiger partial charge is 0.486 e. The molecule has 1 aromatic carbocycles. The van der Waals surface area contributed by atoms with E-state index < -0.39 is 0 Å². The van der Waals surface area contributed by atoms with Gasteiger partial charge in [-0.2, -0.15) is 0 Å². The van der Waals surface area contributed by atoms with Crippen molar-refractivity contribution in [1.29, 1.82) is 0 Å². The summed E-state index contributed by atoms with van der Waals surface area (Å²) >= 11 is 5.96. The standard InChI is InChI=1S/C16H18ClNO4/c1-11-9-12(3-5-14(11)17)21-10-13-4-6-15(22-13)16(19)18-7-8-20-2/h3-6,9H,7-8,10H2,1-2H3,(H,18,19). The van der Waals surface area contributed by atoms with Crippen molar-refractivity contribution in [2.45, 2.75) is 13.5 Å². The number of amides is 1. The maximum absolute atomic E-state index is 11.8. The van der Waals surface area contributed by atoms with E-state index in [2.05, 4.69) is 5.32 Å². The third-order valence-corrected chi connectivity index (χ3v) is 3.41. The van der Waals surface area contributed by atoms with Gasteiger partial charge in [0, 0.05) is 18.7 Å². The van der Waals surface area contributed by atoms with Gasteiger partial charge in [0.2, 0.25) is 0 Å². The van der Waals surface area contributed by atoms with E-state index in [0.717, 1.165) is 5.56 Å². The van der Waals surface area contributed by atoms with Crippen LogP contribution in [0.1, 0.15) is 21.9 Å². The summed E-state index contributed by atoms with van der Waals surface area (Å²) in [5.41, 5.74) is 0.942. The third-order valence-electron chi connectivity index (χ3n) is 2.99. The molecule has 0 fully saturated rings. The van der Waals surface area contributed by atoms with Crippen molar-refractivity contribution in [3.05, 3.63) is 52.4 Å². The van der Waals surface area contributed by atoms with Crippen LogP contribution in [-0.4, -0.2) is 26.2 Å². The number of rotatable bonds is 7. The average molecular weight is 324 g/mol. The highest BCUT2D eigenvalue weighted by atomic mass is 35.5. The number of ether oxygens (including phenoxy) is 2. The van der Waals surface area contributed by atoms with Gasteiger partial charge in [-0.3, -0.25) is 4.79 Å². The zero-order valence-electron chi connectivity index (χ0n) is 12.5. The fourth-order valence-corrected chi connectivity index (χ4v) is 1.91. The molecule has 0 unspecified atom stereocenters. The molecule has 0 radical (unpaired) electrons. The quantitative estimate of drug-likeness (QED) is 0.795. The summed E-state index contributed by atoms with van der Waals surface area (Å²) in [7, 11) is 1.58. The van der Waals surface area contributed by atoms with Crippen LogP contribution in [0.4, 0.5) is 0 Å². The highest BCUT2D eigenvalue weighted by Crippen LogP contribution is 2.22. The summed E-state index contributed by atoms with van der Waals surface area (Å²) in [6, 6.07) is 8.76. The van der Waals surface area contributed by atoms with Crippen LogP contribution in [0.5, 0.6) is 5.75 Å². The van der Waals surface area contributed by atoms with Gasteiger partial charge >= 0.3 is 0 Å². The molecular weight excluding hydrogens is 306 g/mol. The van der Waals surface area contributed by atoms with E-state index in [0.29, 0.717) is 29.7 Å². The Morgan fingerprint density at radius 3 is 2.86 bits per heavy atom. The van der Waals surface area contributed by atoms with Crippen LogP contribution in [0.2, 0.25) is 5.02 Å². The van der Waals surface area contributed by atoms with Crippen molar-refractivity contribution in [3.63, 3.8) is 0 Å². The van der Waals surface area contributed by atoms with E-state index in [9.17, 15) is 4.79 Å². The van der Waals surface area contributed by atoms with Crippen LogP contribution in [0.3, 0.4) is 0 Å². The molecule has 0 aliphatic heterocycles. The minimum atomic E-state index is -0.273. The molecule has 1 aromatic heterocycles. The lowest BCUT2D eigenvalue weighted by atomic mass is 10.2. The molecule has 0 saturated carbocycles. The Balaban J connectivity index is 1.88. The van der Waals surface area contributed by atoms with Crippen molar-refractivity contribution in [2.75, 3.05) is 20.3 Å². The number of methoxy groups -OCH3 is 1. The highest BCUT2D eigenvalue weighted by molar-refractivity contribution is 6.31. The van der Waals surface area contributed by atoms with Crippen molar-refractivity contribution in [2.24, 2.45) is 0 Å². The summed E-state index contributed by atoms with van der Waals surface area (Å²) in [5, 5.41) is 3.38. The number of carbonyl (C=O) groups is 1. The second kappa shape index (κ2) is 7.87. The maximum Gasteiger partial charge on any atom is 0.287 e. The van der Waals surface area contributed by atoms with Crippen LogP contribution >= 0.6 is 11.6 Å². The van der Waals surface area contributed by atoms with Crippen LogP contribution in [0.25, 0.3) is 0 Å². The normalized spacial score (nSPS) is 10.5. The molecule has 0 aliphatic carbocycles. The molecule has 0 atom stereocenters. The van der Waals surface area contributed by atoms with Crippen molar-refractivity contribution < 1.29 is 18.7 Å². The number of hydrogen-bond donors (Lipinski definition) is 1. The molecule has 5 nitrogen and oxygen atoms in total. The van der Waals surface area contributed by atoms with Gasteiger partial charge in [-0.05, 0) is 42.8 Å². The molecule has 6 heteroatoms. The molecule has 1 heterocycles. The Kier molecular flexibility index (Phi) is 5.86. The van der Waals surface area contributed by atoms with Gasteiger partial charge in [-0.15, -0.1) is 0 Å². The Hall–Kier alpha value is -1.98. The molecule has 0 aliphatic rings. The summed E-state index contributed by atoms with van der Waals surface area (Å²) in [6.45, 7) is 3.04. The zero-order chi connectivity index (χ0) is 15.9. The lowest BCUT2D eigenvalue weighted by molar-refractivity contribution is 0.0905. The van der Waals surface area contributed by atoms with Gasteiger partial charge in [-0.25, -0.2) is 0 Å². The van der Waals surface area contributed by atoms with E-state index in [4.69, 9.17) is 25.5 Å². The van der Waals surface area contributed by atoms with Gasteiger partial charge in [0.15, 0.2) is 5.76 Å². The second-order valence-electron chi connectivity index (χ2n) is 4.71. The lowest BCUT2D eigenvalue weighted by Gasteiger charge is -2.06. The summed E-state index contributed by atoms with van der Waals surface area (Å²) < 4.78 is 15.9. The van der Waals surface area contributed by atoms with E-state index in [-0.39, 0.29) is 18.3 Å². The first kappa shape index (κ1) is 16.4. The van der Waals surface area contributed by atoms with Crippen LogP contribution in [0.15, 0.2) is 34.7 Å². The monoisotopic (exact) mass is 323 g/mol. The van der Waals surface area contributed by atoms with Crippen LogP contribution in [-0.2, 0) is 11.3 Å². The van der Waals surface area contributed by atoms with E-state index >= 15 is 0 Å². The third kappa shape index (κ3) is 4.51. The number of halogens is 1. The molecule has 0 saturated heterocycles. The number of aryl methyl sites for hydroxylation is 1. The zero-order valence-corrected chi connectivity index (χ0v) is 13.3. The van der Waals surface area contributed by atoms with Gasteiger partial charge in [0.25, 0.3) is 5.91 Å². The highest BCUT2D eigenvalue weighted by Gasteiger charge is 2.11. The van der Waals surface area contributed by atoms with Gasteiger partial charge in [-0.1, -0.05) is 11.6 Å². The number of benzene rings is 1. The molecule has 0 spiro atoms.